The van der Waals surface area contributed by atoms with E-state index in [0.29, 0.717) is 5.69 Å². The van der Waals surface area contributed by atoms with Crippen LogP contribution in [0.2, 0.25) is 0 Å². The molecule has 84 valence electrons. The van der Waals surface area contributed by atoms with Crippen molar-refractivity contribution in [3.63, 3.8) is 0 Å². The molecule has 0 spiro atoms. The molecule has 2 N–H and O–H groups in total. The van der Waals surface area contributed by atoms with Crippen molar-refractivity contribution in [3.8, 4) is 6.07 Å². The molecule has 0 bridgehead atoms. The number of nitrogens with zero attached hydrogens (tertiary/aromatic N) is 2. The van der Waals surface area contributed by atoms with Gasteiger partial charge in [-0.2, -0.15) is 5.26 Å². The van der Waals surface area contributed by atoms with E-state index in [9.17, 15) is 10.1 Å². The van der Waals surface area contributed by atoms with Crippen molar-refractivity contribution in [2.24, 2.45) is 0 Å². The third-order valence-electron chi connectivity index (χ3n) is 1.91. The third kappa shape index (κ3) is 2.93. The van der Waals surface area contributed by atoms with Gasteiger partial charge in [-0.3, -0.25) is 10.1 Å². The SMILES string of the molecule is CC(O)CNc1ccc(C#N)cc1[N+](=O)[O-]. The summed E-state index contributed by atoms with van der Waals surface area (Å²) in [4.78, 5) is 10.2. The minimum atomic E-state index is -0.602. The van der Waals surface area contributed by atoms with E-state index in [4.69, 9.17) is 10.4 Å². The van der Waals surface area contributed by atoms with Gasteiger partial charge in [0.2, 0.25) is 0 Å². The minimum Gasteiger partial charge on any atom is -0.392 e. The molecule has 1 rings (SSSR count). The third-order valence-corrected chi connectivity index (χ3v) is 1.91. The first-order valence-corrected chi connectivity index (χ1v) is 4.65. The van der Waals surface area contributed by atoms with E-state index in [-0.39, 0.29) is 17.8 Å². The van der Waals surface area contributed by atoms with Gasteiger partial charge in [0.05, 0.1) is 22.7 Å². The number of benzene rings is 1. The molecule has 0 aromatic heterocycles. The summed E-state index contributed by atoms with van der Waals surface area (Å²) in [5.41, 5.74) is 0.360. The molecule has 1 aromatic rings. The van der Waals surface area contributed by atoms with Crippen LogP contribution in [0.5, 0.6) is 0 Å². The zero-order chi connectivity index (χ0) is 12.1. The first-order chi connectivity index (χ1) is 7.54. The molecule has 0 aliphatic carbocycles. The number of nitro benzene ring substituents is 1. The normalized spacial score (nSPS) is 11.6. The summed E-state index contributed by atoms with van der Waals surface area (Å²) in [7, 11) is 0. The van der Waals surface area contributed by atoms with Crippen LogP contribution in [0.1, 0.15) is 12.5 Å². The van der Waals surface area contributed by atoms with Crippen LogP contribution in [-0.2, 0) is 0 Å². The standard InChI is InChI=1S/C10H11N3O3/c1-7(14)6-12-9-3-2-8(5-11)4-10(9)13(15)16/h2-4,7,12,14H,6H2,1H3. The van der Waals surface area contributed by atoms with Crippen molar-refractivity contribution in [1.29, 1.82) is 5.26 Å². The van der Waals surface area contributed by atoms with Crippen molar-refractivity contribution in [2.75, 3.05) is 11.9 Å². The molecule has 0 aliphatic heterocycles. The predicted molar refractivity (Wildman–Crippen MR) is 58.0 cm³/mol. The van der Waals surface area contributed by atoms with Crippen LogP contribution in [0.25, 0.3) is 0 Å². The maximum atomic E-state index is 10.7. The molecule has 0 aliphatic rings. The quantitative estimate of drug-likeness (QED) is 0.589. The molecule has 0 saturated carbocycles. The summed E-state index contributed by atoms with van der Waals surface area (Å²) in [6, 6.07) is 5.97. The van der Waals surface area contributed by atoms with E-state index in [1.165, 1.54) is 18.2 Å². The number of aliphatic hydroxyl groups excluding tert-OH is 1. The average molecular weight is 221 g/mol. The maximum Gasteiger partial charge on any atom is 0.293 e. The molecule has 0 radical (unpaired) electrons. The first kappa shape index (κ1) is 11.9. The Morgan fingerprint density at radius 2 is 2.38 bits per heavy atom. The average Bonchev–Trinajstić information content (AvgIpc) is 2.25. The number of nitriles is 1. The summed E-state index contributed by atoms with van der Waals surface area (Å²) in [5, 5.41) is 31.2. The molecule has 6 nitrogen and oxygen atoms in total. The van der Waals surface area contributed by atoms with Crippen LogP contribution in [0, 0.1) is 21.4 Å². The Bertz CT molecular complexity index is 437. The second-order valence-corrected chi connectivity index (χ2v) is 3.33. The molecule has 16 heavy (non-hydrogen) atoms. The second-order valence-electron chi connectivity index (χ2n) is 3.33. The lowest BCUT2D eigenvalue weighted by Crippen LogP contribution is -2.16. The molecule has 1 unspecified atom stereocenters. The van der Waals surface area contributed by atoms with E-state index >= 15 is 0 Å². The highest BCUT2D eigenvalue weighted by atomic mass is 16.6. The van der Waals surface area contributed by atoms with Crippen LogP contribution >= 0.6 is 0 Å². The van der Waals surface area contributed by atoms with Gasteiger partial charge in [-0.1, -0.05) is 0 Å². The highest BCUT2D eigenvalue weighted by molar-refractivity contribution is 5.64. The van der Waals surface area contributed by atoms with Gasteiger partial charge in [0, 0.05) is 12.6 Å². The van der Waals surface area contributed by atoms with Gasteiger partial charge in [-0.05, 0) is 19.1 Å². The van der Waals surface area contributed by atoms with Crippen LogP contribution in [0.15, 0.2) is 18.2 Å². The van der Waals surface area contributed by atoms with Crippen molar-refractivity contribution < 1.29 is 10.0 Å². The molecule has 6 heteroatoms. The lowest BCUT2D eigenvalue weighted by atomic mass is 10.2. The molecular weight excluding hydrogens is 210 g/mol. The zero-order valence-electron chi connectivity index (χ0n) is 8.67. The Balaban J connectivity index is 3.00. The number of hydrogen-bond acceptors (Lipinski definition) is 5. The summed E-state index contributed by atoms with van der Waals surface area (Å²) in [5.74, 6) is 0. The number of anilines is 1. The van der Waals surface area contributed by atoms with Gasteiger partial charge in [0.25, 0.3) is 5.69 Å². The molecule has 1 atom stereocenters. The van der Waals surface area contributed by atoms with Crippen LogP contribution in [0.4, 0.5) is 11.4 Å². The minimum absolute atomic E-state index is 0.167. The molecular formula is C10H11N3O3. The van der Waals surface area contributed by atoms with Gasteiger partial charge in [-0.25, -0.2) is 0 Å². The number of nitro groups is 1. The molecule has 1 aromatic carbocycles. The zero-order valence-corrected chi connectivity index (χ0v) is 8.67. The lowest BCUT2D eigenvalue weighted by molar-refractivity contribution is -0.384. The summed E-state index contributed by atoms with van der Waals surface area (Å²) in [6.45, 7) is 1.79. The number of hydrogen-bond donors (Lipinski definition) is 2. The van der Waals surface area contributed by atoms with Crippen molar-refractivity contribution in [1.82, 2.24) is 0 Å². The van der Waals surface area contributed by atoms with Gasteiger partial charge in [-0.15, -0.1) is 0 Å². The van der Waals surface area contributed by atoms with Gasteiger partial charge < -0.3 is 10.4 Å². The largest absolute Gasteiger partial charge is 0.392 e. The van der Waals surface area contributed by atoms with E-state index in [2.05, 4.69) is 5.32 Å². The Labute approximate surface area is 92.3 Å². The van der Waals surface area contributed by atoms with Crippen molar-refractivity contribution >= 4 is 11.4 Å². The van der Waals surface area contributed by atoms with Crippen molar-refractivity contribution in [2.45, 2.75) is 13.0 Å². The Hall–Kier alpha value is -2.13. The maximum absolute atomic E-state index is 10.7. The summed E-state index contributed by atoms with van der Waals surface area (Å²) < 4.78 is 0. The molecule has 0 heterocycles. The number of aliphatic hydroxyl groups is 1. The smallest absolute Gasteiger partial charge is 0.293 e. The summed E-state index contributed by atoms with van der Waals surface area (Å²) >= 11 is 0. The fraction of sp³-hybridized carbons (Fsp3) is 0.300. The van der Waals surface area contributed by atoms with E-state index in [1.54, 1.807) is 6.92 Å². The topological polar surface area (TPSA) is 99.2 Å². The number of nitrogens with one attached hydrogen (secondary N) is 1. The first-order valence-electron chi connectivity index (χ1n) is 4.65. The Morgan fingerprint density at radius 1 is 1.69 bits per heavy atom. The second kappa shape index (κ2) is 5.09. The molecule has 0 amide bonds. The lowest BCUT2D eigenvalue weighted by Gasteiger charge is -2.08. The molecule has 0 fully saturated rings. The summed E-state index contributed by atoms with van der Waals surface area (Å²) in [6.07, 6.45) is -0.602. The fourth-order valence-corrected chi connectivity index (χ4v) is 1.16. The monoisotopic (exact) mass is 221 g/mol. The van der Waals surface area contributed by atoms with Crippen LogP contribution in [0.3, 0.4) is 0 Å². The van der Waals surface area contributed by atoms with Gasteiger partial charge in [0.15, 0.2) is 0 Å². The van der Waals surface area contributed by atoms with Crippen LogP contribution in [-0.4, -0.2) is 22.7 Å². The van der Waals surface area contributed by atoms with E-state index < -0.39 is 11.0 Å². The number of rotatable bonds is 4. The van der Waals surface area contributed by atoms with Gasteiger partial charge >= 0.3 is 0 Å². The highest BCUT2D eigenvalue weighted by Crippen LogP contribution is 2.25. The van der Waals surface area contributed by atoms with Gasteiger partial charge in [0.1, 0.15) is 5.69 Å². The highest BCUT2D eigenvalue weighted by Gasteiger charge is 2.14. The van der Waals surface area contributed by atoms with E-state index in [1.807, 2.05) is 6.07 Å². The van der Waals surface area contributed by atoms with Crippen LogP contribution < -0.4 is 5.32 Å². The predicted octanol–water partition coefficient (Wildman–Crippen LogP) is 1.26. The Morgan fingerprint density at radius 3 is 2.88 bits per heavy atom. The molecule has 0 saturated heterocycles. The fourth-order valence-electron chi connectivity index (χ4n) is 1.16. The van der Waals surface area contributed by atoms with Crippen molar-refractivity contribution in [3.05, 3.63) is 33.9 Å². The Kier molecular flexibility index (Phi) is 3.80. The van der Waals surface area contributed by atoms with E-state index in [0.717, 1.165) is 0 Å².